The highest BCUT2D eigenvalue weighted by Crippen LogP contribution is 2.38. The number of nitrogens with one attached hydrogen (secondary N) is 1. The van der Waals surface area contributed by atoms with Gasteiger partial charge in [0.15, 0.2) is 5.60 Å². The van der Waals surface area contributed by atoms with Crippen molar-refractivity contribution in [2.75, 3.05) is 13.1 Å². The third-order valence-electron chi connectivity index (χ3n) is 2.09. The van der Waals surface area contributed by atoms with Crippen molar-refractivity contribution in [3.05, 3.63) is 0 Å². The van der Waals surface area contributed by atoms with Gasteiger partial charge in [0.05, 0.1) is 6.10 Å². The zero-order valence-electron chi connectivity index (χ0n) is 7.74. The number of halogens is 3. The molecule has 5 heteroatoms. The number of ether oxygens (including phenoxy) is 1. The molecule has 0 radical (unpaired) electrons. The molecule has 78 valence electrons. The van der Waals surface area contributed by atoms with Crippen LogP contribution in [0.25, 0.3) is 0 Å². The molecule has 0 aromatic carbocycles. The summed E-state index contributed by atoms with van der Waals surface area (Å²) in [4.78, 5) is 0. The summed E-state index contributed by atoms with van der Waals surface area (Å²) in [5.41, 5.74) is -1.96. The maximum Gasteiger partial charge on any atom is 0.418 e. The van der Waals surface area contributed by atoms with Gasteiger partial charge in [-0.05, 0) is 26.8 Å². The SMILES string of the molecule is CC(C)OC1(C(F)(F)F)CCNC1. The van der Waals surface area contributed by atoms with E-state index in [1.165, 1.54) is 0 Å². The average molecular weight is 197 g/mol. The van der Waals surface area contributed by atoms with E-state index >= 15 is 0 Å². The van der Waals surface area contributed by atoms with Crippen molar-refractivity contribution in [2.45, 2.75) is 38.1 Å². The highest BCUT2D eigenvalue weighted by atomic mass is 19.4. The highest BCUT2D eigenvalue weighted by molar-refractivity contribution is 4.96. The molecule has 0 aromatic rings. The topological polar surface area (TPSA) is 21.3 Å². The van der Waals surface area contributed by atoms with E-state index < -0.39 is 17.9 Å². The van der Waals surface area contributed by atoms with Crippen molar-refractivity contribution in [1.29, 1.82) is 0 Å². The van der Waals surface area contributed by atoms with Crippen LogP contribution in [0.15, 0.2) is 0 Å². The van der Waals surface area contributed by atoms with Crippen LogP contribution in [0.1, 0.15) is 20.3 Å². The molecule has 1 N–H and O–H groups in total. The Labute approximate surface area is 75.4 Å². The molecule has 1 rings (SSSR count). The third-order valence-corrected chi connectivity index (χ3v) is 2.09. The first-order valence-corrected chi connectivity index (χ1v) is 4.33. The van der Waals surface area contributed by atoms with Crippen molar-refractivity contribution in [3.8, 4) is 0 Å². The zero-order valence-corrected chi connectivity index (χ0v) is 7.74. The van der Waals surface area contributed by atoms with Gasteiger partial charge in [-0.15, -0.1) is 0 Å². The maximum absolute atomic E-state index is 12.6. The van der Waals surface area contributed by atoms with Gasteiger partial charge >= 0.3 is 6.18 Å². The number of rotatable bonds is 2. The van der Waals surface area contributed by atoms with Crippen LogP contribution in [-0.4, -0.2) is 31.0 Å². The molecule has 1 aliphatic heterocycles. The van der Waals surface area contributed by atoms with Crippen LogP contribution in [0.5, 0.6) is 0 Å². The Morgan fingerprint density at radius 1 is 1.38 bits per heavy atom. The van der Waals surface area contributed by atoms with Gasteiger partial charge in [0.1, 0.15) is 0 Å². The van der Waals surface area contributed by atoms with Crippen LogP contribution in [0.4, 0.5) is 13.2 Å². The van der Waals surface area contributed by atoms with Crippen LogP contribution in [0.2, 0.25) is 0 Å². The summed E-state index contributed by atoms with van der Waals surface area (Å²) in [6.45, 7) is 3.47. The molecule has 1 saturated heterocycles. The van der Waals surface area contributed by atoms with Crippen LogP contribution in [0, 0.1) is 0 Å². The first-order valence-electron chi connectivity index (χ1n) is 4.33. The largest absolute Gasteiger partial charge is 0.418 e. The highest BCUT2D eigenvalue weighted by Gasteiger charge is 2.57. The molecular weight excluding hydrogens is 183 g/mol. The molecule has 1 unspecified atom stereocenters. The molecule has 1 heterocycles. The van der Waals surface area contributed by atoms with Crippen LogP contribution in [0.3, 0.4) is 0 Å². The van der Waals surface area contributed by atoms with Gasteiger partial charge in [-0.3, -0.25) is 0 Å². The lowest BCUT2D eigenvalue weighted by molar-refractivity contribution is -0.279. The molecule has 1 aliphatic rings. The summed E-state index contributed by atoms with van der Waals surface area (Å²) in [7, 11) is 0. The van der Waals surface area contributed by atoms with Gasteiger partial charge in [0.2, 0.25) is 0 Å². The van der Waals surface area contributed by atoms with E-state index in [1.807, 2.05) is 0 Å². The Bertz CT molecular complexity index is 173. The Morgan fingerprint density at radius 3 is 2.31 bits per heavy atom. The molecule has 13 heavy (non-hydrogen) atoms. The predicted octanol–water partition coefficient (Wildman–Crippen LogP) is 1.71. The Morgan fingerprint density at radius 2 is 2.00 bits per heavy atom. The lowest BCUT2D eigenvalue weighted by Gasteiger charge is -2.32. The first kappa shape index (κ1) is 10.8. The monoisotopic (exact) mass is 197 g/mol. The van der Waals surface area contributed by atoms with Crippen LogP contribution < -0.4 is 5.32 Å². The van der Waals surface area contributed by atoms with Crippen molar-refractivity contribution in [2.24, 2.45) is 0 Å². The first-order chi connectivity index (χ1) is 5.87. The quantitative estimate of drug-likeness (QED) is 0.727. The molecule has 2 nitrogen and oxygen atoms in total. The van der Waals surface area contributed by atoms with Gasteiger partial charge < -0.3 is 10.1 Å². The minimum Gasteiger partial charge on any atom is -0.361 e. The van der Waals surface area contributed by atoms with E-state index in [1.54, 1.807) is 13.8 Å². The second kappa shape index (κ2) is 3.46. The maximum atomic E-state index is 12.6. The van der Waals surface area contributed by atoms with Gasteiger partial charge in [-0.1, -0.05) is 0 Å². The van der Waals surface area contributed by atoms with E-state index in [0.717, 1.165) is 0 Å². The predicted molar refractivity (Wildman–Crippen MR) is 42.5 cm³/mol. The van der Waals surface area contributed by atoms with Crippen LogP contribution in [-0.2, 0) is 4.74 Å². The lowest BCUT2D eigenvalue weighted by atomic mass is 10.0. The fourth-order valence-corrected chi connectivity index (χ4v) is 1.53. The second-order valence-electron chi connectivity index (χ2n) is 3.59. The van der Waals surface area contributed by atoms with E-state index in [4.69, 9.17) is 4.74 Å². The fourth-order valence-electron chi connectivity index (χ4n) is 1.53. The van der Waals surface area contributed by atoms with Crippen LogP contribution >= 0.6 is 0 Å². The van der Waals surface area contributed by atoms with E-state index in [2.05, 4.69) is 5.32 Å². The van der Waals surface area contributed by atoms with Gasteiger partial charge in [-0.25, -0.2) is 0 Å². The minimum atomic E-state index is -4.28. The summed E-state index contributed by atoms with van der Waals surface area (Å²) < 4.78 is 42.8. The van der Waals surface area contributed by atoms with E-state index in [0.29, 0.717) is 6.54 Å². The molecule has 0 saturated carbocycles. The summed E-state index contributed by atoms with van der Waals surface area (Å²) in [5.74, 6) is 0. The molecule has 0 aliphatic carbocycles. The Hall–Kier alpha value is -0.290. The molecule has 0 spiro atoms. The summed E-state index contributed by atoms with van der Waals surface area (Å²) in [6.07, 6.45) is -4.67. The van der Waals surface area contributed by atoms with E-state index in [-0.39, 0.29) is 13.0 Å². The molecule has 0 amide bonds. The minimum absolute atomic E-state index is 0.00861. The lowest BCUT2D eigenvalue weighted by Crippen LogP contribution is -2.50. The Kier molecular flexibility index (Phi) is 2.87. The molecule has 1 fully saturated rings. The standard InChI is InChI=1S/C8H14F3NO/c1-6(2)13-7(8(9,10)11)3-4-12-5-7/h6,12H,3-5H2,1-2H3. The summed E-state index contributed by atoms with van der Waals surface area (Å²) in [5, 5.41) is 2.68. The molecule has 1 atom stereocenters. The van der Waals surface area contributed by atoms with Gasteiger partial charge in [0, 0.05) is 6.54 Å². The van der Waals surface area contributed by atoms with E-state index in [9.17, 15) is 13.2 Å². The third kappa shape index (κ3) is 2.14. The zero-order chi connectivity index (χ0) is 10.1. The molecule has 0 aromatic heterocycles. The van der Waals surface area contributed by atoms with Gasteiger partial charge in [0.25, 0.3) is 0 Å². The molecule has 0 bridgehead atoms. The Balaban J connectivity index is 2.75. The fraction of sp³-hybridized carbons (Fsp3) is 1.00. The summed E-state index contributed by atoms with van der Waals surface area (Å²) >= 11 is 0. The molecular formula is C8H14F3NO. The van der Waals surface area contributed by atoms with Crippen molar-refractivity contribution < 1.29 is 17.9 Å². The number of hydrogen-bond acceptors (Lipinski definition) is 2. The summed E-state index contributed by atoms with van der Waals surface area (Å²) in [6, 6.07) is 0. The van der Waals surface area contributed by atoms with Crippen molar-refractivity contribution in [3.63, 3.8) is 0 Å². The second-order valence-corrected chi connectivity index (χ2v) is 3.59. The van der Waals surface area contributed by atoms with Crippen molar-refractivity contribution in [1.82, 2.24) is 5.32 Å². The normalized spacial score (nSPS) is 30.0. The van der Waals surface area contributed by atoms with Gasteiger partial charge in [-0.2, -0.15) is 13.2 Å². The average Bonchev–Trinajstić information content (AvgIpc) is 2.33. The number of alkyl halides is 3. The number of hydrogen-bond donors (Lipinski definition) is 1. The van der Waals surface area contributed by atoms with Crippen molar-refractivity contribution >= 4 is 0 Å². The smallest absolute Gasteiger partial charge is 0.361 e.